The molecule has 5 rings (SSSR count). The normalized spacial score (nSPS) is 14.9. The molecule has 3 aromatic rings. The molecule has 1 amide bonds. The first kappa shape index (κ1) is 15.9. The largest absolute Gasteiger partial charge is 0.454 e. The van der Waals surface area contributed by atoms with Gasteiger partial charge in [-0.2, -0.15) is 0 Å². The third kappa shape index (κ3) is 2.63. The van der Waals surface area contributed by atoms with Gasteiger partial charge in [0, 0.05) is 23.7 Å². The number of carbonyl (C=O) groups excluding carboxylic acids is 1. The van der Waals surface area contributed by atoms with Crippen LogP contribution in [0.1, 0.15) is 22.5 Å². The van der Waals surface area contributed by atoms with E-state index in [1.807, 2.05) is 6.07 Å². The van der Waals surface area contributed by atoms with Crippen molar-refractivity contribution in [1.29, 1.82) is 0 Å². The predicted molar refractivity (Wildman–Crippen MR) is 94.5 cm³/mol. The van der Waals surface area contributed by atoms with E-state index in [0.29, 0.717) is 47.9 Å². The Bertz CT molecular complexity index is 1050. The SMILES string of the molecule is O=C(c1cc(-c2ccc3c(c2)OCO3)on1)N1CCCc2c(F)cccc21. The molecule has 0 N–H and O–H groups in total. The smallest absolute Gasteiger partial charge is 0.280 e. The maximum atomic E-state index is 14.1. The zero-order chi connectivity index (χ0) is 18.4. The van der Waals surface area contributed by atoms with Gasteiger partial charge in [-0.15, -0.1) is 0 Å². The molecule has 6 nitrogen and oxygen atoms in total. The van der Waals surface area contributed by atoms with E-state index >= 15 is 0 Å². The van der Waals surface area contributed by atoms with Crippen LogP contribution in [0, 0.1) is 5.82 Å². The number of amides is 1. The molecule has 27 heavy (non-hydrogen) atoms. The van der Waals surface area contributed by atoms with Crippen LogP contribution in [0.25, 0.3) is 11.3 Å². The standard InChI is InChI=1S/C20H15FN2O4/c21-14-4-1-5-16-13(14)3-2-8-23(16)20(24)15-10-18(27-22-15)12-6-7-17-19(9-12)26-11-25-17/h1,4-7,9-10H,2-3,8,11H2. The van der Waals surface area contributed by atoms with E-state index in [9.17, 15) is 9.18 Å². The Morgan fingerprint density at radius 2 is 2.00 bits per heavy atom. The number of hydrogen-bond donors (Lipinski definition) is 0. The molecule has 0 atom stereocenters. The Morgan fingerprint density at radius 3 is 2.93 bits per heavy atom. The van der Waals surface area contributed by atoms with Crippen LogP contribution in [0.2, 0.25) is 0 Å². The van der Waals surface area contributed by atoms with Crippen molar-refractivity contribution in [1.82, 2.24) is 5.16 Å². The highest BCUT2D eigenvalue weighted by molar-refractivity contribution is 6.05. The first-order valence-electron chi connectivity index (χ1n) is 8.67. The predicted octanol–water partition coefficient (Wildman–Crippen LogP) is 3.80. The van der Waals surface area contributed by atoms with Crippen molar-refractivity contribution in [3.63, 3.8) is 0 Å². The van der Waals surface area contributed by atoms with Gasteiger partial charge in [0.2, 0.25) is 6.79 Å². The molecule has 1 aromatic heterocycles. The molecule has 2 aliphatic heterocycles. The van der Waals surface area contributed by atoms with Crippen molar-refractivity contribution in [2.45, 2.75) is 12.8 Å². The third-order valence-electron chi connectivity index (χ3n) is 4.82. The van der Waals surface area contributed by atoms with E-state index < -0.39 is 0 Å². The molecule has 0 spiro atoms. The van der Waals surface area contributed by atoms with Gasteiger partial charge in [0.1, 0.15) is 5.82 Å². The molecule has 136 valence electrons. The number of ether oxygens (including phenoxy) is 2. The first-order valence-corrected chi connectivity index (χ1v) is 8.67. The van der Waals surface area contributed by atoms with Crippen molar-refractivity contribution >= 4 is 11.6 Å². The minimum Gasteiger partial charge on any atom is -0.454 e. The molecule has 0 fully saturated rings. The molecule has 0 aliphatic carbocycles. The van der Waals surface area contributed by atoms with E-state index in [-0.39, 0.29) is 24.2 Å². The van der Waals surface area contributed by atoms with E-state index in [1.165, 1.54) is 6.07 Å². The van der Waals surface area contributed by atoms with Crippen LogP contribution in [0.3, 0.4) is 0 Å². The van der Waals surface area contributed by atoms with Gasteiger partial charge in [0.15, 0.2) is 23.0 Å². The molecular weight excluding hydrogens is 351 g/mol. The van der Waals surface area contributed by atoms with Crippen LogP contribution < -0.4 is 14.4 Å². The van der Waals surface area contributed by atoms with Gasteiger partial charge < -0.3 is 18.9 Å². The highest BCUT2D eigenvalue weighted by Gasteiger charge is 2.27. The van der Waals surface area contributed by atoms with Gasteiger partial charge in [0.05, 0.1) is 5.69 Å². The number of carbonyl (C=O) groups is 1. The number of anilines is 1. The van der Waals surface area contributed by atoms with E-state index in [4.69, 9.17) is 14.0 Å². The van der Waals surface area contributed by atoms with Crippen LogP contribution in [0.15, 0.2) is 47.0 Å². The Hall–Kier alpha value is -3.35. The molecule has 2 aliphatic rings. The molecule has 0 unspecified atom stereocenters. The Balaban J connectivity index is 1.45. The molecule has 0 saturated heterocycles. The fourth-order valence-corrected chi connectivity index (χ4v) is 3.49. The number of nitrogens with zero attached hydrogens (tertiary/aromatic N) is 2. The van der Waals surface area contributed by atoms with Crippen LogP contribution in [0.4, 0.5) is 10.1 Å². The second-order valence-corrected chi connectivity index (χ2v) is 6.44. The second kappa shape index (κ2) is 6.12. The van der Waals surface area contributed by atoms with E-state index in [1.54, 1.807) is 35.2 Å². The summed E-state index contributed by atoms with van der Waals surface area (Å²) in [6, 6.07) is 11.8. The number of benzene rings is 2. The Morgan fingerprint density at radius 1 is 1.11 bits per heavy atom. The van der Waals surface area contributed by atoms with Gasteiger partial charge >= 0.3 is 0 Å². The van der Waals surface area contributed by atoms with Crippen LogP contribution in [-0.2, 0) is 6.42 Å². The molecule has 7 heteroatoms. The van der Waals surface area contributed by atoms with Gasteiger partial charge in [-0.1, -0.05) is 11.2 Å². The summed E-state index contributed by atoms with van der Waals surface area (Å²) in [4.78, 5) is 14.5. The maximum Gasteiger partial charge on any atom is 0.280 e. The quantitative estimate of drug-likeness (QED) is 0.690. The summed E-state index contributed by atoms with van der Waals surface area (Å²) in [7, 11) is 0. The van der Waals surface area contributed by atoms with E-state index in [0.717, 1.165) is 5.56 Å². The van der Waals surface area contributed by atoms with Gasteiger partial charge in [-0.3, -0.25) is 4.79 Å². The zero-order valence-electron chi connectivity index (χ0n) is 14.3. The summed E-state index contributed by atoms with van der Waals surface area (Å²) in [5.74, 6) is 1.15. The summed E-state index contributed by atoms with van der Waals surface area (Å²) in [5.41, 5.74) is 2.08. The minimum atomic E-state index is -0.308. The van der Waals surface area contributed by atoms with Gasteiger partial charge in [-0.05, 0) is 43.2 Å². The van der Waals surface area contributed by atoms with E-state index in [2.05, 4.69) is 5.16 Å². The lowest BCUT2D eigenvalue weighted by molar-refractivity contribution is 0.0976. The molecule has 0 radical (unpaired) electrons. The third-order valence-corrected chi connectivity index (χ3v) is 4.82. The van der Waals surface area contributed by atoms with Crippen LogP contribution in [0.5, 0.6) is 11.5 Å². The Kier molecular flexibility index (Phi) is 3.60. The van der Waals surface area contributed by atoms with Crippen LogP contribution in [-0.4, -0.2) is 24.4 Å². The van der Waals surface area contributed by atoms with Crippen molar-refractivity contribution in [2.75, 3.05) is 18.2 Å². The maximum absolute atomic E-state index is 14.1. The number of aromatic nitrogens is 1. The fraction of sp³-hybridized carbons (Fsp3) is 0.200. The Labute approximate surface area is 154 Å². The molecule has 2 aromatic carbocycles. The van der Waals surface area contributed by atoms with Gasteiger partial charge in [0.25, 0.3) is 5.91 Å². The molecule has 3 heterocycles. The summed E-state index contributed by atoms with van der Waals surface area (Å²) >= 11 is 0. The van der Waals surface area contributed by atoms with Crippen molar-refractivity contribution in [2.24, 2.45) is 0 Å². The summed E-state index contributed by atoms with van der Waals surface area (Å²) in [6.45, 7) is 0.700. The zero-order valence-corrected chi connectivity index (χ0v) is 14.3. The summed E-state index contributed by atoms with van der Waals surface area (Å²) in [6.07, 6.45) is 1.32. The number of fused-ring (bicyclic) bond motifs is 2. The second-order valence-electron chi connectivity index (χ2n) is 6.44. The minimum absolute atomic E-state index is 0.180. The average molecular weight is 366 g/mol. The summed E-state index contributed by atoms with van der Waals surface area (Å²) in [5, 5.41) is 3.92. The lowest BCUT2D eigenvalue weighted by Gasteiger charge is -2.28. The topological polar surface area (TPSA) is 64.8 Å². The lowest BCUT2D eigenvalue weighted by atomic mass is 10.0. The van der Waals surface area contributed by atoms with Gasteiger partial charge in [-0.25, -0.2) is 4.39 Å². The number of hydrogen-bond acceptors (Lipinski definition) is 5. The lowest BCUT2D eigenvalue weighted by Crippen LogP contribution is -2.36. The fourth-order valence-electron chi connectivity index (χ4n) is 3.49. The monoisotopic (exact) mass is 366 g/mol. The average Bonchev–Trinajstić information content (AvgIpc) is 3.36. The van der Waals surface area contributed by atoms with Crippen molar-refractivity contribution < 1.29 is 23.2 Å². The van der Waals surface area contributed by atoms with Crippen molar-refractivity contribution in [3.05, 3.63) is 59.5 Å². The number of halogens is 1. The highest BCUT2D eigenvalue weighted by Crippen LogP contribution is 2.36. The highest BCUT2D eigenvalue weighted by atomic mass is 19.1. The summed E-state index contributed by atoms with van der Waals surface area (Å²) < 4.78 is 30.1. The molecule has 0 saturated carbocycles. The van der Waals surface area contributed by atoms with Crippen molar-refractivity contribution in [3.8, 4) is 22.8 Å². The molecular formula is C20H15FN2O4. The van der Waals surface area contributed by atoms with Crippen LogP contribution >= 0.6 is 0 Å². The first-order chi connectivity index (χ1) is 13.2. The molecule has 0 bridgehead atoms. The number of rotatable bonds is 2.